The molecule has 1 aromatic carbocycles. The lowest BCUT2D eigenvalue weighted by Crippen LogP contribution is -2.13. The normalized spacial score (nSPS) is 12.9. The van der Waals surface area contributed by atoms with Crippen molar-refractivity contribution in [1.29, 1.82) is 0 Å². The van der Waals surface area contributed by atoms with Crippen molar-refractivity contribution < 1.29 is 13.9 Å². The fraction of sp³-hybridized carbons (Fsp3) is 0.333. The third-order valence-electron chi connectivity index (χ3n) is 1.86. The summed E-state index contributed by atoms with van der Waals surface area (Å²) in [4.78, 5) is 0. The molecule has 0 aromatic heterocycles. The second-order valence-corrected chi connectivity index (χ2v) is 2.92. The fourth-order valence-electron chi connectivity index (χ4n) is 1.13. The molecule has 0 fully saturated rings. The second-order valence-electron chi connectivity index (χ2n) is 2.92. The van der Waals surface area contributed by atoms with Gasteiger partial charge < -0.3 is 10.8 Å². The second kappa shape index (κ2) is 3.70. The molecule has 1 aromatic rings. The van der Waals surface area contributed by atoms with E-state index in [4.69, 9.17) is 5.73 Å². The molecule has 0 radical (unpaired) electrons. The van der Waals surface area contributed by atoms with Gasteiger partial charge in [0.15, 0.2) is 0 Å². The van der Waals surface area contributed by atoms with Gasteiger partial charge in [0.2, 0.25) is 0 Å². The molecule has 0 bridgehead atoms. The van der Waals surface area contributed by atoms with E-state index in [1.165, 1.54) is 13.0 Å². The van der Waals surface area contributed by atoms with Gasteiger partial charge in [-0.15, -0.1) is 0 Å². The highest BCUT2D eigenvalue weighted by Gasteiger charge is 2.13. The predicted octanol–water partition coefficient (Wildman–Crippen LogP) is 1.81. The summed E-state index contributed by atoms with van der Waals surface area (Å²) in [5.41, 5.74) is 5.80. The van der Waals surface area contributed by atoms with E-state index in [1.54, 1.807) is 0 Å². The number of aromatic hydroxyl groups is 1. The minimum Gasteiger partial charge on any atom is -0.507 e. The van der Waals surface area contributed by atoms with Crippen molar-refractivity contribution in [2.24, 2.45) is 5.73 Å². The minimum absolute atomic E-state index is 0.111. The highest BCUT2D eigenvalue weighted by atomic mass is 19.1. The maximum Gasteiger partial charge on any atom is 0.124 e. The van der Waals surface area contributed by atoms with Crippen LogP contribution in [0.4, 0.5) is 8.78 Å². The molecule has 0 amide bonds. The summed E-state index contributed by atoms with van der Waals surface area (Å²) < 4.78 is 25.0. The van der Waals surface area contributed by atoms with Crippen LogP contribution in [-0.2, 0) is 0 Å². The summed E-state index contributed by atoms with van der Waals surface area (Å²) in [5.74, 6) is -0.652. The fourth-order valence-corrected chi connectivity index (χ4v) is 1.13. The molecule has 0 heterocycles. The zero-order valence-electron chi connectivity index (χ0n) is 7.22. The molecular weight excluding hydrogens is 176 g/mol. The summed E-state index contributed by atoms with van der Waals surface area (Å²) >= 11 is 0. The van der Waals surface area contributed by atoms with Gasteiger partial charge in [-0.3, -0.25) is 0 Å². The van der Waals surface area contributed by atoms with Gasteiger partial charge in [-0.2, -0.15) is 0 Å². The average molecular weight is 187 g/mol. The van der Waals surface area contributed by atoms with Crippen LogP contribution in [0.3, 0.4) is 0 Å². The summed E-state index contributed by atoms with van der Waals surface area (Å²) in [5, 5.41) is 9.41. The average Bonchev–Trinajstić information content (AvgIpc) is 2.10. The molecule has 13 heavy (non-hydrogen) atoms. The lowest BCUT2D eigenvalue weighted by atomic mass is 10.0. The van der Waals surface area contributed by atoms with Gasteiger partial charge in [0.05, 0.1) is 6.04 Å². The molecule has 2 nitrogen and oxygen atoms in total. The Morgan fingerprint density at radius 1 is 1.54 bits per heavy atom. The first kappa shape index (κ1) is 9.92. The highest BCUT2D eigenvalue weighted by Crippen LogP contribution is 2.27. The van der Waals surface area contributed by atoms with E-state index < -0.39 is 18.5 Å². The Kier molecular flexibility index (Phi) is 2.83. The number of aryl methyl sites for hydroxylation is 1. The van der Waals surface area contributed by atoms with Gasteiger partial charge in [-0.05, 0) is 24.6 Å². The zero-order chi connectivity index (χ0) is 10.0. The molecule has 0 saturated carbocycles. The smallest absolute Gasteiger partial charge is 0.124 e. The van der Waals surface area contributed by atoms with Crippen LogP contribution >= 0.6 is 0 Å². The summed E-state index contributed by atoms with van der Waals surface area (Å²) in [7, 11) is 0. The molecule has 4 heteroatoms. The number of hydrogen-bond donors (Lipinski definition) is 2. The summed E-state index contributed by atoms with van der Waals surface area (Å²) in [6.45, 7) is 0.712. The van der Waals surface area contributed by atoms with E-state index in [1.807, 2.05) is 0 Å². The molecule has 3 N–H and O–H groups in total. The molecule has 0 aliphatic heterocycles. The van der Waals surface area contributed by atoms with E-state index in [0.29, 0.717) is 5.56 Å². The predicted molar refractivity (Wildman–Crippen MR) is 45.7 cm³/mol. The van der Waals surface area contributed by atoms with Crippen LogP contribution in [0.5, 0.6) is 5.75 Å². The molecule has 0 aliphatic carbocycles. The van der Waals surface area contributed by atoms with E-state index in [2.05, 4.69) is 0 Å². The van der Waals surface area contributed by atoms with Crippen LogP contribution in [0, 0.1) is 12.7 Å². The Bertz CT molecular complexity index is 315. The largest absolute Gasteiger partial charge is 0.507 e. The van der Waals surface area contributed by atoms with Crippen molar-refractivity contribution in [2.45, 2.75) is 13.0 Å². The van der Waals surface area contributed by atoms with E-state index in [-0.39, 0.29) is 11.3 Å². The minimum atomic E-state index is -0.964. The Morgan fingerprint density at radius 3 is 2.69 bits per heavy atom. The molecule has 1 atom stereocenters. The van der Waals surface area contributed by atoms with Gasteiger partial charge >= 0.3 is 0 Å². The Hall–Kier alpha value is -1.16. The van der Waals surface area contributed by atoms with Crippen molar-refractivity contribution in [3.63, 3.8) is 0 Å². The lowest BCUT2D eigenvalue weighted by Gasteiger charge is -2.11. The topological polar surface area (TPSA) is 46.2 Å². The zero-order valence-corrected chi connectivity index (χ0v) is 7.22. The number of nitrogens with two attached hydrogens (primary N) is 1. The Morgan fingerprint density at radius 2 is 2.15 bits per heavy atom. The third kappa shape index (κ3) is 1.95. The maximum absolute atomic E-state index is 12.8. The number of benzene rings is 1. The molecule has 0 aliphatic rings. The van der Waals surface area contributed by atoms with Crippen molar-refractivity contribution in [2.75, 3.05) is 6.67 Å². The number of alkyl halides is 1. The molecule has 0 spiro atoms. The third-order valence-corrected chi connectivity index (χ3v) is 1.86. The maximum atomic E-state index is 12.8. The number of phenolic OH excluding ortho intramolecular Hbond substituents is 1. The summed E-state index contributed by atoms with van der Waals surface area (Å²) in [6, 6.07) is 1.26. The monoisotopic (exact) mass is 187 g/mol. The van der Waals surface area contributed by atoms with Crippen molar-refractivity contribution in [1.82, 2.24) is 0 Å². The van der Waals surface area contributed by atoms with E-state index >= 15 is 0 Å². The van der Waals surface area contributed by atoms with Crippen LogP contribution in [0.25, 0.3) is 0 Å². The standard InChI is InChI=1S/C9H11F2NO/c1-5-2-6(11)3-7(9(5)13)8(12)4-10/h2-3,8,13H,4,12H2,1H3/t8-/m1/s1. The molecule has 72 valence electrons. The summed E-state index contributed by atoms with van der Waals surface area (Å²) in [6.07, 6.45) is 0. The van der Waals surface area contributed by atoms with Crippen molar-refractivity contribution in [3.05, 3.63) is 29.1 Å². The van der Waals surface area contributed by atoms with E-state index in [9.17, 15) is 13.9 Å². The van der Waals surface area contributed by atoms with Gasteiger partial charge in [0, 0.05) is 5.56 Å². The Balaban J connectivity index is 3.20. The van der Waals surface area contributed by atoms with Crippen LogP contribution < -0.4 is 5.73 Å². The van der Waals surface area contributed by atoms with Crippen LogP contribution in [0.15, 0.2) is 12.1 Å². The number of rotatable bonds is 2. The highest BCUT2D eigenvalue weighted by molar-refractivity contribution is 5.41. The quantitative estimate of drug-likeness (QED) is 0.741. The molecule has 0 saturated heterocycles. The first-order valence-electron chi connectivity index (χ1n) is 3.86. The van der Waals surface area contributed by atoms with Gasteiger partial charge in [0.1, 0.15) is 18.2 Å². The number of phenols is 1. The van der Waals surface area contributed by atoms with Crippen LogP contribution in [0.2, 0.25) is 0 Å². The van der Waals surface area contributed by atoms with Gasteiger partial charge in [-0.25, -0.2) is 8.78 Å². The Labute approximate surface area is 75.0 Å². The first-order chi connectivity index (χ1) is 6.06. The molecular formula is C9H11F2NO. The van der Waals surface area contributed by atoms with Gasteiger partial charge in [0.25, 0.3) is 0 Å². The SMILES string of the molecule is Cc1cc(F)cc([C@H](N)CF)c1O. The van der Waals surface area contributed by atoms with E-state index in [0.717, 1.165) is 6.07 Å². The lowest BCUT2D eigenvalue weighted by molar-refractivity contribution is 0.410. The van der Waals surface area contributed by atoms with Gasteiger partial charge in [-0.1, -0.05) is 0 Å². The number of halogens is 2. The molecule has 1 rings (SSSR count). The van der Waals surface area contributed by atoms with Crippen LogP contribution in [-0.4, -0.2) is 11.8 Å². The van der Waals surface area contributed by atoms with Crippen LogP contribution in [0.1, 0.15) is 17.2 Å². The number of hydrogen-bond acceptors (Lipinski definition) is 2. The van der Waals surface area contributed by atoms with Crippen molar-refractivity contribution in [3.8, 4) is 5.75 Å². The van der Waals surface area contributed by atoms with Crippen molar-refractivity contribution >= 4 is 0 Å². The first-order valence-corrected chi connectivity index (χ1v) is 3.86. The molecule has 0 unspecified atom stereocenters.